The predicted molar refractivity (Wildman–Crippen MR) is 59.3 cm³/mol. The van der Waals surface area contributed by atoms with Crippen LogP contribution in [-0.2, 0) is 0 Å². The van der Waals surface area contributed by atoms with E-state index in [0.29, 0.717) is 0 Å². The van der Waals surface area contributed by atoms with Gasteiger partial charge in [0.2, 0.25) is 0 Å². The fourth-order valence-electron chi connectivity index (χ4n) is 0.433. The molecule has 0 atom stereocenters. The van der Waals surface area contributed by atoms with E-state index in [-0.39, 0.29) is 59.8 Å². The Balaban J connectivity index is -0.0000000655. The van der Waals surface area contributed by atoms with Crippen molar-refractivity contribution in [1.82, 2.24) is 0 Å². The van der Waals surface area contributed by atoms with Crippen LogP contribution in [0.25, 0.3) is 0 Å². The van der Waals surface area contributed by atoms with Crippen molar-refractivity contribution in [1.29, 1.82) is 0 Å². The molecule has 0 rings (SSSR count). The Kier molecular flexibility index (Phi) is 58.3. The predicted octanol–water partition coefficient (Wildman–Crippen LogP) is 0.440. The van der Waals surface area contributed by atoms with Crippen molar-refractivity contribution in [2.45, 2.75) is 59.3 Å². The van der Waals surface area contributed by atoms with Crippen LogP contribution in [-0.4, -0.2) is 19.8 Å². The van der Waals surface area contributed by atoms with Gasteiger partial charge >= 0.3 is 39.9 Å². The summed E-state index contributed by atoms with van der Waals surface area (Å²) in [6.07, 6.45) is 5.59. The number of hydrogen-bond acceptors (Lipinski definition) is 3. The quantitative estimate of drug-likeness (QED) is 0.675. The van der Waals surface area contributed by atoms with Crippen LogP contribution in [0, 0.1) is 39.9 Å². The van der Waals surface area contributed by atoms with Gasteiger partial charge in [-0.2, -0.15) is 0 Å². The molecule has 1 radical (unpaired) electrons. The van der Waals surface area contributed by atoms with Crippen LogP contribution >= 0.6 is 0 Å². The molecular weight excluding hydrogens is 349 g/mol. The van der Waals surface area contributed by atoms with Gasteiger partial charge in [-0.1, -0.05) is 59.3 Å². The average molecular weight is 377 g/mol. The van der Waals surface area contributed by atoms with E-state index in [9.17, 15) is 15.3 Å². The Morgan fingerprint density at radius 2 is 0.750 bits per heavy atom. The van der Waals surface area contributed by atoms with Crippen LogP contribution in [0.15, 0.2) is 0 Å². The van der Waals surface area contributed by atoms with Gasteiger partial charge in [0.05, 0.1) is 0 Å². The molecule has 0 aliphatic heterocycles. The summed E-state index contributed by atoms with van der Waals surface area (Å²) in [6, 6.07) is 0. The van der Waals surface area contributed by atoms with Crippen molar-refractivity contribution in [3.05, 3.63) is 0 Å². The second-order valence-electron chi connectivity index (χ2n) is 3.17. The van der Waals surface area contributed by atoms with Crippen molar-refractivity contribution in [3.63, 3.8) is 0 Å². The SMILES string of the molecule is CCCC[O-].CCCC[O-].CCCC[O-].[Gd+3]. The normalized spacial score (nSPS) is 7.88. The van der Waals surface area contributed by atoms with E-state index in [2.05, 4.69) is 0 Å². The fraction of sp³-hybridized carbons (Fsp3) is 1.00. The maximum atomic E-state index is 9.53. The first-order chi connectivity index (χ1) is 7.24. The van der Waals surface area contributed by atoms with Crippen LogP contribution in [0.5, 0.6) is 0 Å². The molecule has 0 saturated heterocycles. The van der Waals surface area contributed by atoms with Gasteiger partial charge in [0.15, 0.2) is 0 Å². The minimum atomic E-state index is 0. The molecular formula is C12H27GdO3. The summed E-state index contributed by atoms with van der Waals surface area (Å²) in [5, 5.41) is 28.6. The van der Waals surface area contributed by atoms with E-state index < -0.39 is 0 Å². The number of rotatable bonds is 6. The second kappa shape index (κ2) is 36.0. The van der Waals surface area contributed by atoms with Crippen molar-refractivity contribution in [2.24, 2.45) is 0 Å². The molecule has 0 N–H and O–H groups in total. The van der Waals surface area contributed by atoms with Crippen LogP contribution < -0.4 is 15.3 Å². The third-order valence-corrected chi connectivity index (χ3v) is 1.49. The van der Waals surface area contributed by atoms with Crippen molar-refractivity contribution in [2.75, 3.05) is 19.8 Å². The molecule has 0 aliphatic rings. The Hall–Kier alpha value is 1.20. The summed E-state index contributed by atoms with van der Waals surface area (Å²) in [7, 11) is 0. The summed E-state index contributed by atoms with van der Waals surface area (Å²) in [5.41, 5.74) is 0. The largest absolute Gasteiger partial charge is 3.00 e. The topological polar surface area (TPSA) is 69.2 Å². The maximum Gasteiger partial charge on any atom is 3.00 e. The van der Waals surface area contributed by atoms with E-state index in [1.54, 1.807) is 0 Å². The molecule has 4 heteroatoms. The molecule has 16 heavy (non-hydrogen) atoms. The van der Waals surface area contributed by atoms with Gasteiger partial charge in [0, 0.05) is 0 Å². The van der Waals surface area contributed by atoms with E-state index in [4.69, 9.17) is 0 Å². The molecule has 0 spiro atoms. The third-order valence-electron chi connectivity index (χ3n) is 1.49. The van der Waals surface area contributed by atoms with Crippen LogP contribution in [0.1, 0.15) is 59.3 Å². The Bertz CT molecular complexity index is 53.0. The van der Waals surface area contributed by atoms with Gasteiger partial charge in [-0.05, 0) is 0 Å². The number of hydrogen-bond donors (Lipinski definition) is 0. The van der Waals surface area contributed by atoms with Crippen molar-refractivity contribution >= 4 is 0 Å². The van der Waals surface area contributed by atoms with Gasteiger partial charge in [-0.25, -0.2) is 0 Å². The monoisotopic (exact) mass is 377 g/mol. The molecule has 0 unspecified atom stereocenters. The molecule has 0 fully saturated rings. The Morgan fingerprint density at radius 3 is 0.750 bits per heavy atom. The maximum absolute atomic E-state index is 9.53. The molecule has 0 aromatic carbocycles. The molecule has 101 valence electrons. The van der Waals surface area contributed by atoms with Crippen LogP contribution in [0.4, 0.5) is 0 Å². The van der Waals surface area contributed by atoms with Gasteiger partial charge < -0.3 is 15.3 Å². The molecule has 0 aromatic rings. The van der Waals surface area contributed by atoms with Crippen LogP contribution in [0.2, 0.25) is 0 Å². The summed E-state index contributed by atoms with van der Waals surface area (Å²) in [4.78, 5) is 0. The fourth-order valence-corrected chi connectivity index (χ4v) is 0.433. The summed E-state index contributed by atoms with van der Waals surface area (Å²) < 4.78 is 0. The van der Waals surface area contributed by atoms with Gasteiger partial charge in [0.25, 0.3) is 0 Å². The third kappa shape index (κ3) is 59.1. The van der Waals surface area contributed by atoms with E-state index >= 15 is 0 Å². The van der Waals surface area contributed by atoms with Crippen molar-refractivity contribution in [3.8, 4) is 0 Å². The van der Waals surface area contributed by atoms with Crippen LogP contribution in [0.3, 0.4) is 0 Å². The molecule has 0 bridgehead atoms. The van der Waals surface area contributed by atoms with E-state index in [1.807, 2.05) is 20.8 Å². The zero-order valence-corrected chi connectivity index (χ0v) is 13.2. The number of unbranched alkanes of at least 4 members (excludes halogenated alkanes) is 3. The smallest absolute Gasteiger partial charge is 0.854 e. The first-order valence-electron chi connectivity index (χ1n) is 5.99. The van der Waals surface area contributed by atoms with Gasteiger partial charge in [-0.15, -0.1) is 19.8 Å². The molecule has 3 nitrogen and oxygen atoms in total. The Labute approximate surface area is 133 Å². The molecule has 0 aliphatic carbocycles. The average Bonchev–Trinajstić information content (AvgIpc) is 2.23. The van der Waals surface area contributed by atoms with Gasteiger partial charge in [0.1, 0.15) is 0 Å². The van der Waals surface area contributed by atoms with Crippen molar-refractivity contribution < 1.29 is 55.3 Å². The summed E-state index contributed by atoms with van der Waals surface area (Å²) in [6.45, 7) is 6.32. The first-order valence-corrected chi connectivity index (χ1v) is 5.99. The molecule has 0 amide bonds. The molecule has 0 aromatic heterocycles. The standard InChI is InChI=1S/3C4H9O.Gd/c3*1-2-3-4-5;/h3*2-4H2,1H3;/q3*-1;+3. The van der Waals surface area contributed by atoms with Gasteiger partial charge in [-0.3, -0.25) is 0 Å². The zero-order chi connectivity index (χ0) is 12.4. The van der Waals surface area contributed by atoms with E-state index in [1.165, 1.54) is 0 Å². The first kappa shape index (κ1) is 25.9. The Morgan fingerprint density at radius 1 is 0.562 bits per heavy atom. The van der Waals surface area contributed by atoms with E-state index in [0.717, 1.165) is 38.5 Å². The minimum absolute atomic E-state index is 0. The second-order valence-corrected chi connectivity index (χ2v) is 3.17. The minimum Gasteiger partial charge on any atom is -0.854 e. The summed E-state index contributed by atoms with van der Waals surface area (Å²) >= 11 is 0. The molecule has 0 saturated carbocycles. The zero-order valence-electron chi connectivity index (χ0n) is 10.9. The molecule has 0 heterocycles. The summed E-state index contributed by atoms with van der Waals surface area (Å²) in [5.74, 6) is 0.